The summed E-state index contributed by atoms with van der Waals surface area (Å²) >= 11 is 6.55. The number of ether oxygens (including phenoxy) is 2. The number of halogens is 3. The molecule has 0 radical (unpaired) electrons. The van der Waals surface area contributed by atoms with Crippen LogP contribution in [-0.4, -0.2) is 89.8 Å². The number of hydrogen-bond donors (Lipinski definition) is 0. The Labute approximate surface area is 266 Å². The molecule has 238 valence electrons. The summed E-state index contributed by atoms with van der Waals surface area (Å²) in [5, 5.41) is 10.2. The van der Waals surface area contributed by atoms with Crippen molar-refractivity contribution in [3.63, 3.8) is 0 Å². The molecule has 9 nitrogen and oxygen atoms in total. The molecule has 1 spiro atoms. The summed E-state index contributed by atoms with van der Waals surface area (Å²) in [6.07, 6.45) is 3.17. The molecule has 3 saturated heterocycles. The van der Waals surface area contributed by atoms with E-state index >= 15 is 4.39 Å². The number of alkyl halides is 1. The highest BCUT2D eigenvalue weighted by Crippen LogP contribution is 2.56. The molecule has 2 aliphatic carbocycles. The van der Waals surface area contributed by atoms with Gasteiger partial charge in [0.15, 0.2) is 12.0 Å². The van der Waals surface area contributed by atoms with E-state index in [9.17, 15) is 14.4 Å². The minimum atomic E-state index is -1.40. The van der Waals surface area contributed by atoms with Gasteiger partial charge in [-0.15, -0.1) is 0 Å². The predicted octanol–water partition coefficient (Wildman–Crippen LogP) is 4.63. The number of nitriles is 1. The molecule has 7 rings (SSSR count). The zero-order chi connectivity index (χ0) is 31.3. The van der Waals surface area contributed by atoms with Gasteiger partial charge >= 0.3 is 6.01 Å². The van der Waals surface area contributed by atoms with Crippen LogP contribution in [0.5, 0.6) is 6.01 Å². The summed E-state index contributed by atoms with van der Waals surface area (Å²) in [5.41, 5.74) is 2.27. The van der Waals surface area contributed by atoms with Gasteiger partial charge in [-0.3, -0.25) is 9.69 Å². The van der Waals surface area contributed by atoms with Gasteiger partial charge < -0.3 is 19.3 Å². The fourth-order valence-corrected chi connectivity index (χ4v) is 8.39. The summed E-state index contributed by atoms with van der Waals surface area (Å²) in [5.74, 6) is -1.31. The molecular weight excluding hydrogens is 602 g/mol. The Bertz CT molecular complexity index is 1550. The van der Waals surface area contributed by atoms with Crippen LogP contribution in [0.4, 0.5) is 14.6 Å². The SMILES string of the molecule is C=C(F)C(=O)N1CCN(c2nc(OC[C@@H]3CCCN3C3COC3)nc3c2CC[C@@]2(CCc4c(Cl)cccc42)C3F)C[C@@H]1CC#N. The molecule has 0 bridgehead atoms. The quantitative estimate of drug-likeness (QED) is 0.406. The number of rotatable bonds is 7. The van der Waals surface area contributed by atoms with Crippen LogP contribution in [0.25, 0.3) is 0 Å². The molecule has 5 aliphatic rings. The van der Waals surface area contributed by atoms with E-state index < -0.39 is 29.4 Å². The van der Waals surface area contributed by atoms with Gasteiger partial charge in [0.05, 0.1) is 43.5 Å². The molecule has 3 fully saturated rings. The van der Waals surface area contributed by atoms with Gasteiger partial charge in [-0.25, -0.2) is 8.78 Å². The molecule has 3 aliphatic heterocycles. The molecule has 4 atom stereocenters. The Morgan fingerprint density at radius 2 is 1.98 bits per heavy atom. The molecule has 1 aromatic heterocycles. The monoisotopic (exact) mass is 638 g/mol. The zero-order valence-electron chi connectivity index (χ0n) is 25.2. The molecule has 0 N–H and O–H groups in total. The number of anilines is 1. The number of aromatic nitrogens is 2. The van der Waals surface area contributed by atoms with Crippen molar-refractivity contribution in [2.24, 2.45) is 0 Å². The summed E-state index contributed by atoms with van der Waals surface area (Å²) in [7, 11) is 0. The number of fused-ring (bicyclic) bond motifs is 3. The highest BCUT2D eigenvalue weighted by molar-refractivity contribution is 6.31. The van der Waals surface area contributed by atoms with Crippen molar-refractivity contribution in [1.82, 2.24) is 19.8 Å². The van der Waals surface area contributed by atoms with Gasteiger partial charge in [0.2, 0.25) is 0 Å². The fraction of sp³-hybridized carbons (Fsp3) is 0.576. The molecule has 1 amide bonds. The van der Waals surface area contributed by atoms with Crippen molar-refractivity contribution in [1.29, 1.82) is 5.26 Å². The van der Waals surface area contributed by atoms with E-state index in [1.165, 1.54) is 4.90 Å². The third-order valence-electron chi connectivity index (χ3n) is 10.5. The summed E-state index contributed by atoms with van der Waals surface area (Å²) in [4.78, 5) is 27.9. The largest absolute Gasteiger partial charge is 0.462 e. The van der Waals surface area contributed by atoms with Gasteiger partial charge in [-0.05, 0) is 62.3 Å². The van der Waals surface area contributed by atoms with Crippen LogP contribution in [0.15, 0.2) is 30.6 Å². The van der Waals surface area contributed by atoms with Crippen LogP contribution in [0.3, 0.4) is 0 Å². The van der Waals surface area contributed by atoms with Crippen LogP contribution in [-0.2, 0) is 27.8 Å². The highest BCUT2D eigenvalue weighted by atomic mass is 35.5. The molecule has 4 heterocycles. The number of piperazine rings is 1. The van der Waals surface area contributed by atoms with Crippen LogP contribution >= 0.6 is 11.6 Å². The first-order chi connectivity index (χ1) is 21.8. The average molecular weight is 639 g/mol. The first kappa shape index (κ1) is 30.3. The van der Waals surface area contributed by atoms with Crippen molar-refractivity contribution >= 4 is 23.3 Å². The first-order valence-electron chi connectivity index (χ1n) is 15.9. The van der Waals surface area contributed by atoms with E-state index in [4.69, 9.17) is 31.0 Å². The normalized spacial score (nSPS) is 28.0. The minimum absolute atomic E-state index is 0.0148. The van der Waals surface area contributed by atoms with E-state index in [-0.39, 0.29) is 31.6 Å². The molecule has 45 heavy (non-hydrogen) atoms. The Kier molecular flexibility index (Phi) is 8.17. The van der Waals surface area contributed by atoms with Gasteiger partial charge in [-0.1, -0.05) is 30.3 Å². The van der Waals surface area contributed by atoms with E-state index in [1.54, 1.807) is 0 Å². The molecular formula is C33H37ClF2N6O3. The van der Waals surface area contributed by atoms with Crippen molar-refractivity contribution in [2.45, 2.75) is 74.7 Å². The number of carbonyl (C=O) groups is 1. The van der Waals surface area contributed by atoms with Crippen LogP contribution in [0, 0.1) is 11.3 Å². The maximum absolute atomic E-state index is 17.1. The van der Waals surface area contributed by atoms with E-state index in [0.717, 1.165) is 49.3 Å². The highest BCUT2D eigenvalue weighted by Gasteiger charge is 2.51. The number of benzene rings is 1. The number of nitrogens with zero attached hydrogens (tertiary/aromatic N) is 6. The number of amides is 1. The summed E-state index contributed by atoms with van der Waals surface area (Å²) in [6.45, 7) is 6.74. The third-order valence-corrected chi connectivity index (χ3v) is 10.9. The summed E-state index contributed by atoms with van der Waals surface area (Å²) in [6, 6.07) is 7.99. The number of carbonyl (C=O) groups excluding carboxylic acids is 1. The lowest BCUT2D eigenvalue weighted by Gasteiger charge is -2.43. The lowest BCUT2D eigenvalue weighted by molar-refractivity contribution is -0.131. The van der Waals surface area contributed by atoms with Crippen molar-refractivity contribution in [2.75, 3.05) is 50.9 Å². The summed E-state index contributed by atoms with van der Waals surface area (Å²) < 4.78 is 42.7. The standard InChI is InChI=1S/C33H37ClF2N6O3/c1-20(35)31(43)42-15-14-40(16-21(42)9-12-37)30-25-8-11-33(10-7-24-26(33)5-2-6-27(24)34)29(36)28(25)38-32(39-30)45-19-22-4-3-13-41(22)23-17-44-18-23/h2,5-6,21-23,29H,1,3-4,7-11,13-19H2/t21-,22-,29?,33+/m0/s1. The first-order valence-corrected chi connectivity index (χ1v) is 16.2. The lowest BCUT2D eigenvalue weighted by atomic mass is 9.68. The van der Waals surface area contributed by atoms with Gasteiger partial charge in [0.1, 0.15) is 12.4 Å². The Morgan fingerprint density at radius 1 is 1.18 bits per heavy atom. The van der Waals surface area contributed by atoms with Crippen LogP contribution < -0.4 is 9.64 Å². The van der Waals surface area contributed by atoms with Gasteiger partial charge in [-0.2, -0.15) is 15.2 Å². The Hall–Kier alpha value is -3.33. The lowest BCUT2D eigenvalue weighted by Crippen LogP contribution is -2.55. The topological polar surface area (TPSA) is 94.8 Å². The van der Waals surface area contributed by atoms with Gasteiger partial charge in [0, 0.05) is 41.7 Å². The Balaban J connectivity index is 1.23. The fourth-order valence-electron chi connectivity index (χ4n) is 8.12. The molecule has 1 aromatic carbocycles. The third kappa shape index (κ3) is 5.25. The van der Waals surface area contributed by atoms with E-state index in [0.29, 0.717) is 61.4 Å². The van der Waals surface area contributed by atoms with E-state index in [1.807, 2.05) is 23.1 Å². The zero-order valence-corrected chi connectivity index (χ0v) is 25.9. The second-order valence-electron chi connectivity index (χ2n) is 12.9. The molecule has 1 unspecified atom stereocenters. The number of likely N-dealkylation sites (tertiary alicyclic amines) is 1. The van der Waals surface area contributed by atoms with Crippen molar-refractivity contribution in [3.05, 3.63) is 58.0 Å². The minimum Gasteiger partial charge on any atom is -0.462 e. The average Bonchev–Trinajstić information content (AvgIpc) is 3.62. The van der Waals surface area contributed by atoms with Gasteiger partial charge in [0.25, 0.3) is 5.91 Å². The van der Waals surface area contributed by atoms with Crippen LogP contribution in [0.1, 0.15) is 60.7 Å². The van der Waals surface area contributed by atoms with Crippen molar-refractivity contribution in [3.8, 4) is 12.1 Å². The smallest absolute Gasteiger partial charge is 0.318 e. The molecule has 0 saturated carbocycles. The molecule has 2 aromatic rings. The second-order valence-corrected chi connectivity index (χ2v) is 13.3. The van der Waals surface area contributed by atoms with E-state index in [2.05, 4.69) is 17.5 Å². The maximum atomic E-state index is 17.1. The maximum Gasteiger partial charge on any atom is 0.318 e. The predicted molar refractivity (Wildman–Crippen MR) is 164 cm³/mol. The van der Waals surface area contributed by atoms with Crippen LogP contribution in [0.2, 0.25) is 5.02 Å². The van der Waals surface area contributed by atoms with Crippen molar-refractivity contribution < 1.29 is 23.0 Å². The number of hydrogen-bond acceptors (Lipinski definition) is 8. The Morgan fingerprint density at radius 3 is 2.71 bits per heavy atom. The second kappa shape index (κ2) is 12.1. The molecule has 12 heteroatoms.